The first-order valence-corrected chi connectivity index (χ1v) is 12.6. The molecule has 4 aliphatic carbocycles. The Labute approximate surface area is 200 Å². The summed E-state index contributed by atoms with van der Waals surface area (Å²) in [4.78, 5) is 51.5. The van der Waals surface area contributed by atoms with Crippen molar-refractivity contribution in [2.75, 3.05) is 13.2 Å². The minimum atomic E-state index is -1.58. The maximum absolute atomic E-state index is 13.8. The van der Waals surface area contributed by atoms with E-state index in [2.05, 4.69) is 0 Å². The Morgan fingerprint density at radius 1 is 1.18 bits per heavy atom. The molecule has 4 rings (SSSR count). The Kier molecular flexibility index (Phi) is 6.62. The van der Waals surface area contributed by atoms with Crippen molar-refractivity contribution in [1.29, 1.82) is 0 Å². The zero-order valence-electron chi connectivity index (χ0n) is 20.4. The number of Topliss-reactive ketones (excluding diaryl/α,β-unsaturated/α-hetero) is 2. The Morgan fingerprint density at radius 3 is 2.65 bits per heavy atom. The third-order valence-electron chi connectivity index (χ3n) is 9.20. The van der Waals surface area contributed by atoms with Crippen LogP contribution in [0.25, 0.3) is 0 Å². The topological polar surface area (TPSA) is 107 Å². The molecule has 0 aliphatic heterocycles. The summed E-state index contributed by atoms with van der Waals surface area (Å²) < 4.78 is 11.0. The van der Waals surface area contributed by atoms with Crippen LogP contribution in [0.1, 0.15) is 72.1 Å². The first-order valence-electron chi connectivity index (χ1n) is 12.6. The number of fused-ring (bicyclic) bond motifs is 5. The van der Waals surface area contributed by atoms with Crippen LogP contribution in [0.3, 0.4) is 0 Å². The lowest BCUT2D eigenvalue weighted by atomic mass is 9.46. The molecule has 0 bridgehead atoms. The van der Waals surface area contributed by atoms with E-state index in [1.165, 1.54) is 0 Å². The third-order valence-corrected chi connectivity index (χ3v) is 9.20. The molecule has 7 heteroatoms. The van der Waals surface area contributed by atoms with E-state index < -0.39 is 35.0 Å². The van der Waals surface area contributed by atoms with Crippen molar-refractivity contribution in [2.45, 2.75) is 77.7 Å². The zero-order valence-corrected chi connectivity index (χ0v) is 20.4. The Balaban J connectivity index is 1.64. The van der Waals surface area contributed by atoms with E-state index in [0.29, 0.717) is 12.8 Å². The summed E-state index contributed by atoms with van der Waals surface area (Å²) in [6.45, 7) is 5.39. The molecule has 0 aromatic rings. The summed E-state index contributed by atoms with van der Waals surface area (Å²) in [5.41, 5.74) is -2.01. The van der Waals surface area contributed by atoms with E-state index in [1.54, 1.807) is 12.2 Å². The van der Waals surface area contributed by atoms with Gasteiger partial charge in [-0.3, -0.25) is 14.4 Å². The van der Waals surface area contributed by atoms with Crippen molar-refractivity contribution in [3.8, 4) is 0 Å². The molecule has 0 aromatic carbocycles. The highest BCUT2D eigenvalue weighted by Crippen LogP contribution is 2.66. The molecular formula is C27H36O7. The van der Waals surface area contributed by atoms with Gasteiger partial charge in [-0.15, -0.1) is 0 Å². The fraction of sp³-hybridized carbons (Fsp3) is 0.704. The molecule has 3 saturated carbocycles. The summed E-state index contributed by atoms with van der Waals surface area (Å²) >= 11 is 0. The number of hydrogen-bond donors (Lipinski definition) is 1. The number of rotatable bonds is 7. The number of aliphatic hydroxyl groups excluding tert-OH is 1. The SMILES string of the molecule is CCCCCOC(=O)O[C@]1(C(=O)CO)CC[C@H]2[C@@H]3CCC4=CC(=O)C=C[C@]4(C)[C@H]3C(=O)C[C@@]21C. The van der Waals surface area contributed by atoms with Crippen molar-refractivity contribution in [3.05, 3.63) is 23.8 Å². The van der Waals surface area contributed by atoms with E-state index in [4.69, 9.17) is 9.47 Å². The highest BCUT2D eigenvalue weighted by atomic mass is 16.7. The van der Waals surface area contributed by atoms with Gasteiger partial charge in [-0.2, -0.15) is 0 Å². The minimum absolute atomic E-state index is 0.00351. The van der Waals surface area contributed by atoms with Crippen LogP contribution < -0.4 is 0 Å². The van der Waals surface area contributed by atoms with E-state index in [9.17, 15) is 24.3 Å². The van der Waals surface area contributed by atoms with Crippen molar-refractivity contribution in [2.24, 2.45) is 28.6 Å². The van der Waals surface area contributed by atoms with Gasteiger partial charge in [0.05, 0.1) is 6.61 Å². The summed E-state index contributed by atoms with van der Waals surface area (Å²) in [6.07, 6.45) is 9.23. The van der Waals surface area contributed by atoms with Gasteiger partial charge in [0.15, 0.2) is 11.4 Å². The molecule has 3 fully saturated rings. The molecule has 6 atom stereocenters. The minimum Gasteiger partial charge on any atom is -0.434 e. The van der Waals surface area contributed by atoms with Gasteiger partial charge in [-0.05, 0) is 56.1 Å². The van der Waals surface area contributed by atoms with E-state index in [-0.39, 0.29) is 48.8 Å². The molecule has 0 saturated heterocycles. The Hall–Kier alpha value is -2.28. The monoisotopic (exact) mass is 472 g/mol. The van der Waals surface area contributed by atoms with Crippen LogP contribution in [0.15, 0.2) is 23.8 Å². The standard InChI is InChI=1S/C27H36O7/c1-4-5-6-13-33-24(32)34-27(22(31)16-28)12-10-20-19-8-7-17-14-18(29)9-11-25(17,2)23(19)21(30)15-26(20,27)3/h9,11,14,19-20,23,28H,4-8,10,12-13,15-16H2,1-3H3/t19-,20-,23+,25-,26-,27-/m0/s1. The van der Waals surface area contributed by atoms with Gasteiger partial charge >= 0.3 is 6.16 Å². The smallest absolute Gasteiger partial charge is 0.434 e. The largest absolute Gasteiger partial charge is 0.509 e. The number of carbonyl (C=O) groups excluding carboxylic acids is 4. The second kappa shape index (κ2) is 9.06. The Bertz CT molecular complexity index is 949. The van der Waals surface area contributed by atoms with Crippen LogP contribution in [0.4, 0.5) is 4.79 Å². The molecule has 4 aliphatic rings. The number of hydrogen-bond acceptors (Lipinski definition) is 7. The van der Waals surface area contributed by atoms with Crippen molar-refractivity contribution >= 4 is 23.5 Å². The predicted octanol–water partition coefficient (Wildman–Crippen LogP) is 4.12. The van der Waals surface area contributed by atoms with Crippen LogP contribution >= 0.6 is 0 Å². The van der Waals surface area contributed by atoms with Gasteiger partial charge < -0.3 is 14.6 Å². The number of carbonyl (C=O) groups is 4. The Morgan fingerprint density at radius 2 is 1.94 bits per heavy atom. The van der Waals surface area contributed by atoms with Crippen LogP contribution in [-0.2, 0) is 23.9 Å². The quantitative estimate of drug-likeness (QED) is 0.439. The van der Waals surface area contributed by atoms with Gasteiger partial charge in [0, 0.05) is 23.2 Å². The lowest BCUT2D eigenvalue weighted by molar-refractivity contribution is -0.173. The molecule has 0 amide bonds. The number of aliphatic hydroxyl groups is 1. The number of allylic oxidation sites excluding steroid dienone is 4. The number of ether oxygens (including phenoxy) is 2. The average molecular weight is 473 g/mol. The first-order chi connectivity index (χ1) is 16.1. The maximum Gasteiger partial charge on any atom is 0.509 e. The summed E-state index contributed by atoms with van der Waals surface area (Å²) in [5, 5.41) is 9.83. The van der Waals surface area contributed by atoms with Gasteiger partial charge in [-0.1, -0.05) is 45.3 Å². The molecule has 0 spiro atoms. The molecule has 7 nitrogen and oxygen atoms in total. The van der Waals surface area contributed by atoms with Gasteiger partial charge in [-0.25, -0.2) is 4.79 Å². The van der Waals surface area contributed by atoms with Gasteiger partial charge in [0.25, 0.3) is 0 Å². The normalized spacial score (nSPS) is 38.5. The van der Waals surface area contributed by atoms with Gasteiger partial charge in [0.1, 0.15) is 12.4 Å². The molecule has 0 unspecified atom stereocenters. The van der Waals surface area contributed by atoms with Gasteiger partial charge in [0.2, 0.25) is 5.78 Å². The summed E-state index contributed by atoms with van der Waals surface area (Å²) in [6, 6.07) is 0. The molecule has 186 valence electrons. The predicted molar refractivity (Wildman–Crippen MR) is 124 cm³/mol. The maximum atomic E-state index is 13.8. The molecule has 1 N–H and O–H groups in total. The average Bonchev–Trinajstić information content (AvgIpc) is 3.08. The number of unbranched alkanes of at least 4 members (excludes halogenated alkanes) is 2. The highest BCUT2D eigenvalue weighted by Gasteiger charge is 2.70. The van der Waals surface area contributed by atoms with Crippen molar-refractivity contribution in [1.82, 2.24) is 0 Å². The molecule has 0 radical (unpaired) electrons. The highest BCUT2D eigenvalue weighted by molar-refractivity contribution is 6.02. The second-order valence-corrected chi connectivity index (χ2v) is 10.9. The van der Waals surface area contributed by atoms with E-state index in [1.807, 2.05) is 26.8 Å². The lowest BCUT2D eigenvalue weighted by Gasteiger charge is -2.57. The summed E-state index contributed by atoms with van der Waals surface area (Å²) in [7, 11) is 0. The van der Waals surface area contributed by atoms with Crippen LogP contribution in [-0.4, -0.2) is 47.4 Å². The zero-order chi connectivity index (χ0) is 24.7. The second-order valence-electron chi connectivity index (χ2n) is 10.9. The lowest BCUT2D eigenvalue weighted by Crippen LogP contribution is -2.62. The number of ketones is 3. The van der Waals surface area contributed by atoms with Crippen molar-refractivity contribution in [3.63, 3.8) is 0 Å². The fourth-order valence-electron chi connectivity index (χ4n) is 7.51. The van der Waals surface area contributed by atoms with Crippen LogP contribution in [0.5, 0.6) is 0 Å². The summed E-state index contributed by atoms with van der Waals surface area (Å²) in [5.74, 6) is -0.895. The van der Waals surface area contributed by atoms with E-state index in [0.717, 1.165) is 31.3 Å². The molecule has 34 heavy (non-hydrogen) atoms. The molecular weight excluding hydrogens is 436 g/mol. The third kappa shape index (κ3) is 3.67. The van der Waals surface area contributed by atoms with E-state index >= 15 is 0 Å². The van der Waals surface area contributed by atoms with Crippen LogP contribution in [0, 0.1) is 28.6 Å². The molecule has 0 heterocycles. The molecule has 0 aromatic heterocycles. The fourth-order valence-corrected chi connectivity index (χ4v) is 7.51. The first kappa shape index (κ1) is 24.8. The van der Waals surface area contributed by atoms with Crippen molar-refractivity contribution < 1.29 is 33.8 Å². The van der Waals surface area contributed by atoms with Crippen LogP contribution in [0.2, 0.25) is 0 Å².